The Kier molecular flexibility index (Phi) is 5.49. The lowest BCUT2D eigenvalue weighted by Gasteiger charge is -2.12. The van der Waals surface area contributed by atoms with Gasteiger partial charge in [-0.15, -0.1) is 11.8 Å². The molecule has 0 aromatic heterocycles. The Balaban J connectivity index is 1.92. The summed E-state index contributed by atoms with van der Waals surface area (Å²) in [5, 5.41) is 1.94. The van der Waals surface area contributed by atoms with Gasteiger partial charge in [-0.1, -0.05) is 12.1 Å². The fraction of sp³-hybridized carbons (Fsp3) is 0.188. The van der Waals surface area contributed by atoms with Gasteiger partial charge in [0, 0.05) is 11.8 Å². The lowest BCUT2D eigenvalue weighted by atomic mass is 10.2. The second-order valence-electron chi connectivity index (χ2n) is 4.70. The first-order chi connectivity index (χ1) is 10.5. The van der Waals surface area contributed by atoms with Gasteiger partial charge >= 0.3 is 0 Å². The highest BCUT2D eigenvalue weighted by Crippen LogP contribution is 2.21. The molecule has 0 spiro atoms. The Morgan fingerprint density at radius 2 is 1.86 bits per heavy atom. The molecule has 0 heterocycles. The van der Waals surface area contributed by atoms with Crippen molar-refractivity contribution in [3.63, 3.8) is 0 Å². The summed E-state index contributed by atoms with van der Waals surface area (Å²) in [7, 11) is 0. The summed E-state index contributed by atoms with van der Waals surface area (Å²) in [6, 6.07) is 9.07. The number of carbonyl (C=O) groups is 1. The number of anilines is 1. The van der Waals surface area contributed by atoms with Gasteiger partial charge in [0.25, 0.3) is 0 Å². The highest BCUT2D eigenvalue weighted by Gasteiger charge is 2.15. The van der Waals surface area contributed by atoms with Crippen LogP contribution in [-0.2, 0) is 10.5 Å². The van der Waals surface area contributed by atoms with Crippen molar-refractivity contribution in [2.45, 2.75) is 17.9 Å². The predicted molar refractivity (Wildman–Crippen MR) is 82.1 cm³/mol. The van der Waals surface area contributed by atoms with E-state index in [1.165, 1.54) is 30.0 Å². The predicted octanol–water partition coefficient (Wildman–Crippen LogP) is 4.36. The Bertz CT molecular complexity index is 678. The van der Waals surface area contributed by atoms with Crippen LogP contribution in [0.2, 0.25) is 0 Å². The molecule has 0 fully saturated rings. The summed E-state index contributed by atoms with van der Waals surface area (Å²) in [5.74, 6) is -1.80. The topological polar surface area (TPSA) is 29.1 Å². The van der Waals surface area contributed by atoms with Crippen molar-refractivity contribution in [2.24, 2.45) is 0 Å². The maximum Gasteiger partial charge on any atom is 0.237 e. The van der Waals surface area contributed by atoms with E-state index in [1.807, 2.05) is 0 Å². The zero-order chi connectivity index (χ0) is 16.1. The Morgan fingerprint density at radius 3 is 2.55 bits per heavy atom. The SMILES string of the molecule is CC(SCc1cccc(F)c1)C(=O)Nc1ccc(F)cc1F. The zero-order valence-corrected chi connectivity index (χ0v) is 12.6. The third-order valence-corrected chi connectivity index (χ3v) is 4.16. The number of halogens is 3. The average molecular weight is 325 g/mol. The van der Waals surface area contributed by atoms with E-state index in [9.17, 15) is 18.0 Å². The van der Waals surface area contributed by atoms with Crippen molar-refractivity contribution < 1.29 is 18.0 Å². The van der Waals surface area contributed by atoms with Gasteiger partial charge < -0.3 is 5.32 Å². The minimum atomic E-state index is -0.823. The van der Waals surface area contributed by atoms with Gasteiger partial charge in [-0.3, -0.25) is 4.79 Å². The van der Waals surface area contributed by atoms with Crippen LogP contribution < -0.4 is 5.32 Å². The maximum atomic E-state index is 13.5. The van der Waals surface area contributed by atoms with Crippen LogP contribution in [0.1, 0.15) is 12.5 Å². The van der Waals surface area contributed by atoms with Crippen molar-refractivity contribution in [1.29, 1.82) is 0 Å². The van der Waals surface area contributed by atoms with Crippen LogP contribution in [0.15, 0.2) is 42.5 Å². The first-order valence-corrected chi connectivity index (χ1v) is 7.62. The maximum absolute atomic E-state index is 13.5. The molecule has 0 aliphatic heterocycles. The molecule has 22 heavy (non-hydrogen) atoms. The molecule has 0 saturated carbocycles. The lowest BCUT2D eigenvalue weighted by molar-refractivity contribution is -0.115. The lowest BCUT2D eigenvalue weighted by Crippen LogP contribution is -2.23. The first kappa shape index (κ1) is 16.4. The third kappa shape index (κ3) is 4.53. The van der Waals surface area contributed by atoms with Gasteiger partial charge in [-0.05, 0) is 36.8 Å². The molecular weight excluding hydrogens is 311 g/mol. The van der Waals surface area contributed by atoms with Gasteiger partial charge in [0.2, 0.25) is 5.91 Å². The molecule has 1 amide bonds. The molecule has 0 saturated heterocycles. The Hall–Kier alpha value is -1.95. The van der Waals surface area contributed by atoms with Gasteiger partial charge in [0.15, 0.2) is 0 Å². The number of thioether (sulfide) groups is 1. The number of carbonyl (C=O) groups excluding carboxylic acids is 1. The van der Waals surface area contributed by atoms with Crippen molar-refractivity contribution in [3.05, 3.63) is 65.5 Å². The second-order valence-corrected chi connectivity index (χ2v) is 6.03. The molecule has 116 valence electrons. The van der Waals surface area contributed by atoms with Crippen molar-refractivity contribution in [1.82, 2.24) is 0 Å². The molecule has 0 radical (unpaired) electrons. The summed E-state index contributed by atoms with van der Waals surface area (Å²) < 4.78 is 39.3. The van der Waals surface area contributed by atoms with Gasteiger partial charge in [-0.25, -0.2) is 13.2 Å². The summed E-state index contributed by atoms with van der Waals surface area (Å²) >= 11 is 1.30. The van der Waals surface area contributed by atoms with E-state index in [0.29, 0.717) is 11.8 Å². The second kappa shape index (κ2) is 7.35. The van der Waals surface area contributed by atoms with E-state index in [1.54, 1.807) is 19.1 Å². The standard InChI is InChI=1S/C16H14F3NOS/c1-10(22-9-11-3-2-4-12(17)7-11)16(21)20-15-6-5-13(18)8-14(15)19/h2-8,10H,9H2,1H3,(H,20,21). The van der Waals surface area contributed by atoms with E-state index in [0.717, 1.165) is 11.6 Å². The number of amides is 1. The average Bonchev–Trinajstić information content (AvgIpc) is 2.47. The summed E-state index contributed by atoms with van der Waals surface area (Å²) in [6.45, 7) is 1.67. The Morgan fingerprint density at radius 1 is 1.14 bits per heavy atom. The van der Waals surface area contributed by atoms with Crippen LogP contribution in [0.25, 0.3) is 0 Å². The molecule has 2 aromatic carbocycles. The zero-order valence-electron chi connectivity index (χ0n) is 11.8. The molecule has 0 aliphatic carbocycles. The molecule has 2 rings (SSSR count). The van der Waals surface area contributed by atoms with Crippen LogP contribution in [0.4, 0.5) is 18.9 Å². The molecule has 6 heteroatoms. The monoisotopic (exact) mass is 325 g/mol. The number of nitrogens with one attached hydrogen (secondary N) is 1. The van der Waals surface area contributed by atoms with Crippen LogP contribution in [-0.4, -0.2) is 11.2 Å². The molecule has 2 aromatic rings. The van der Waals surface area contributed by atoms with Crippen molar-refractivity contribution in [3.8, 4) is 0 Å². The first-order valence-electron chi connectivity index (χ1n) is 6.57. The van der Waals surface area contributed by atoms with Crippen LogP contribution in [0.5, 0.6) is 0 Å². The van der Waals surface area contributed by atoms with E-state index in [-0.39, 0.29) is 11.5 Å². The van der Waals surface area contributed by atoms with Gasteiger partial charge in [0.1, 0.15) is 17.5 Å². The Labute approximate surface area is 130 Å². The fourth-order valence-corrected chi connectivity index (χ4v) is 2.58. The van der Waals surface area contributed by atoms with E-state index >= 15 is 0 Å². The third-order valence-electron chi connectivity index (χ3n) is 2.95. The fourth-order valence-electron chi connectivity index (χ4n) is 1.75. The molecule has 1 atom stereocenters. The smallest absolute Gasteiger partial charge is 0.237 e. The van der Waals surface area contributed by atoms with Gasteiger partial charge in [-0.2, -0.15) is 0 Å². The molecular formula is C16H14F3NOS. The largest absolute Gasteiger partial charge is 0.323 e. The number of hydrogen-bond acceptors (Lipinski definition) is 2. The van der Waals surface area contributed by atoms with Crippen molar-refractivity contribution in [2.75, 3.05) is 5.32 Å². The highest BCUT2D eigenvalue weighted by molar-refractivity contribution is 7.99. The molecule has 0 aliphatic rings. The van der Waals surface area contributed by atoms with Crippen LogP contribution in [0.3, 0.4) is 0 Å². The number of benzene rings is 2. The summed E-state index contributed by atoms with van der Waals surface area (Å²) in [6.07, 6.45) is 0. The molecule has 2 nitrogen and oxygen atoms in total. The van der Waals surface area contributed by atoms with Gasteiger partial charge in [0.05, 0.1) is 10.9 Å². The minimum Gasteiger partial charge on any atom is -0.323 e. The normalized spacial score (nSPS) is 12.0. The quantitative estimate of drug-likeness (QED) is 0.885. The van der Waals surface area contributed by atoms with Crippen LogP contribution in [0, 0.1) is 17.5 Å². The molecule has 1 N–H and O–H groups in total. The van der Waals surface area contributed by atoms with Crippen LogP contribution >= 0.6 is 11.8 Å². The minimum absolute atomic E-state index is 0.0652. The summed E-state index contributed by atoms with van der Waals surface area (Å²) in [4.78, 5) is 12.0. The van der Waals surface area contributed by atoms with E-state index in [4.69, 9.17) is 0 Å². The number of rotatable bonds is 5. The van der Waals surface area contributed by atoms with E-state index < -0.39 is 22.8 Å². The molecule has 1 unspecified atom stereocenters. The van der Waals surface area contributed by atoms with Crippen molar-refractivity contribution >= 4 is 23.4 Å². The highest BCUT2D eigenvalue weighted by atomic mass is 32.2. The number of hydrogen-bond donors (Lipinski definition) is 1. The molecule has 0 bridgehead atoms. The summed E-state index contributed by atoms with van der Waals surface area (Å²) in [5.41, 5.74) is 0.696. The van der Waals surface area contributed by atoms with E-state index in [2.05, 4.69) is 5.32 Å².